The van der Waals surface area contributed by atoms with Gasteiger partial charge in [-0.1, -0.05) is 13.8 Å². The first-order chi connectivity index (χ1) is 8.70. The molecule has 2 N–H and O–H groups in total. The van der Waals surface area contributed by atoms with Gasteiger partial charge < -0.3 is 5.73 Å². The zero-order valence-electron chi connectivity index (χ0n) is 11.6. The standard InChI is InChI=1S/C15H25N3/c1-11(2)13-3-5-14(6-4-13)15-17-9-12(7-8-16)10-18-15/h9-11,13-14H,3-8,16H2,1-2H3. The van der Waals surface area contributed by atoms with E-state index in [9.17, 15) is 0 Å². The predicted octanol–water partition coefficient (Wildman–Crippen LogP) is 2.91. The molecule has 0 aliphatic heterocycles. The van der Waals surface area contributed by atoms with E-state index < -0.39 is 0 Å². The van der Waals surface area contributed by atoms with E-state index in [1.54, 1.807) is 0 Å². The second-order valence-corrected chi connectivity index (χ2v) is 5.84. The monoisotopic (exact) mass is 247 g/mol. The van der Waals surface area contributed by atoms with Crippen molar-refractivity contribution in [3.8, 4) is 0 Å². The van der Waals surface area contributed by atoms with Gasteiger partial charge in [-0.3, -0.25) is 0 Å². The lowest BCUT2D eigenvalue weighted by Crippen LogP contribution is -2.19. The molecule has 1 aromatic rings. The fraction of sp³-hybridized carbons (Fsp3) is 0.733. The Morgan fingerprint density at radius 2 is 1.78 bits per heavy atom. The van der Waals surface area contributed by atoms with Gasteiger partial charge in [0.1, 0.15) is 5.82 Å². The maximum absolute atomic E-state index is 5.53. The first-order valence-electron chi connectivity index (χ1n) is 7.21. The molecule has 100 valence electrons. The highest BCUT2D eigenvalue weighted by atomic mass is 14.9. The summed E-state index contributed by atoms with van der Waals surface area (Å²) in [6.07, 6.45) is 9.93. The molecule has 18 heavy (non-hydrogen) atoms. The van der Waals surface area contributed by atoms with E-state index in [1.807, 2.05) is 12.4 Å². The number of hydrogen-bond acceptors (Lipinski definition) is 3. The minimum atomic E-state index is 0.576. The van der Waals surface area contributed by atoms with Gasteiger partial charge in [-0.2, -0.15) is 0 Å². The second kappa shape index (κ2) is 6.28. The topological polar surface area (TPSA) is 51.8 Å². The van der Waals surface area contributed by atoms with E-state index >= 15 is 0 Å². The van der Waals surface area contributed by atoms with Crippen LogP contribution in [0, 0.1) is 11.8 Å². The highest BCUT2D eigenvalue weighted by Crippen LogP contribution is 2.37. The Morgan fingerprint density at radius 3 is 2.28 bits per heavy atom. The van der Waals surface area contributed by atoms with Crippen LogP contribution in [0.25, 0.3) is 0 Å². The van der Waals surface area contributed by atoms with E-state index in [0.717, 1.165) is 29.6 Å². The van der Waals surface area contributed by atoms with Crippen molar-refractivity contribution in [1.82, 2.24) is 9.97 Å². The third-order valence-corrected chi connectivity index (χ3v) is 4.24. The average molecular weight is 247 g/mol. The molecule has 0 atom stereocenters. The Labute approximate surface area is 110 Å². The van der Waals surface area contributed by atoms with Crippen LogP contribution in [-0.2, 0) is 6.42 Å². The molecule has 0 saturated heterocycles. The third-order valence-electron chi connectivity index (χ3n) is 4.24. The zero-order valence-corrected chi connectivity index (χ0v) is 11.6. The summed E-state index contributed by atoms with van der Waals surface area (Å²) < 4.78 is 0. The van der Waals surface area contributed by atoms with Crippen LogP contribution in [0.1, 0.15) is 56.8 Å². The molecule has 2 rings (SSSR count). The first-order valence-corrected chi connectivity index (χ1v) is 7.21. The third kappa shape index (κ3) is 3.29. The van der Waals surface area contributed by atoms with Crippen LogP contribution in [-0.4, -0.2) is 16.5 Å². The van der Waals surface area contributed by atoms with E-state index in [-0.39, 0.29) is 0 Å². The van der Waals surface area contributed by atoms with Gasteiger partial charge in [0.05, 0.1) is 0 Å². The van der Waals surface area contributed by atoms with Crippen LogP contribution >= 0.6 is 0 Å². The van der Waals surface area contributed by atoms with Crippen LogP contribution < -0.4 is 5.73 Å². The molecule has 3 nitrogen and oxygen atoms in total. The fourth-order valence-electron chi connectivity index (χ4n) is 2.92. The maximum atomic E-state index is 5.53. The Morgan fingerprint density at radius 1 is 1.17 bits per heavy atom. The SMILES string of the molecule is CC(C)C1CCC(c2ncc(CCN)cn2)CC1. The Bertz CT molecular complexity index is 351. The molecule has 1 aliphatic carbocycles. The van der Waals surface area contributed by atoms with Gasteiger partial charge >= 0.3 is 0 Å². The quantitative estimate of drug-likeness (QED) is 0.890. The summed E-state index contributed by atoms with van der Waals surface area (Å²) in [6.45, 7) is 5.34. The van der Waals surface area contributed by atoms with Crippen molar-refractivity contribution in [2.45, 2.75) is 51.9 Å². The summed E-state index contributed by atoms with van der Waals surface area (Å²) in [5.74, 6) is 3.33. The van der Waals surface area contributed by atoms with Crippen molar-refractivity contribution >= 4 is 0 Å². The molecule has 1 heterocycles. The van der Waals surface area contributed by atoms with Crippen LogP contribution in [0.3, 0.4) is 0 Å². The molecule has 0 aromatic carbocycles. The Kier molecular flexibility index (Phi) is 4.70. The normalized spacial score (nSPS) is 24.4. The summed E-state index contributed by atoms with van der Waals surface area (Å²) in [4.78, 5) is 9.05. The molecule has 1 aliphatic rings. The largest absolute Gasteiger partial charge is 0.330 e. The van der Waals surface area contributed by atoms with Gasteiger partial charge in [0.25, 0.3) is 0 Å². The minimum Gasteiger partial charge on any atom is -0.330 e. The molecule has 1 fully saturated rings. The van der Waals surface area contributed by atoms with Crippen LogP contribution in [0.5, 0.6) is 0 Å². The summed E-state index contributed by atoms with van der Waals surface area (Å²) in [6, 6.07) is 0. The summed E-state index contributed by atoms with van der Waals surface area (Å²) in [5.41, 5.74) is 6.68. The van der Waals surface area contributed by atoms with E-state index in [0.29, 0.717) is 12.5 Å². The van der Waals surface area contributed by atoms with E-state index in [1.165, 1.54) is 25.7 Å². The van der Waals surface area contributed by atoms with Gasteiger partial charge in [0, 0.05) is 18.3 Å². The van der Waals surface area contributed by atoms with Gasteiger partial charge in [-0.05, 0) is 56.0 Å². The Hall–Kier alpha value is -0.960. The maximum Gasteiger partial charge on any atom is 0.131 e. The Balaban J connectivity index is 1.93. The van der Waals surface area contributed by atoms with Crippen molar-refractivity contribution < 1.29 is 0 Å². The van der Waals surface area contributed by atoms with Crippen LogP contribution in [0.4, 0.5) is 0 Å². The van der Waals surface area contributed by atoms with Gasteiger partial charge in [-0.25, -0.2) is 9.97 Å². The lowest BCUT2D eigenvalue weighted by atomic mass is 9.77. The van der Waals surface area contributed by atoms with Crippen molar-refractivity contribution in [2.75, 3.05) is 6.54 Å². The second-order valence-electron chi connectivity index (χ2n) is 5.84. The number of aromatic nitrogens is 2. The zero-order chi connectivity index (χ0) is 13.0. The van der Waals surface area contributed by atoms with Gasteiger partial charge in [0.15, 0.2) is 0 Å². The molecule has 0 unspecified atom stereocenters. The molecule has 0 bridgehead atoms. The van der Waals surface area contributed by atoms with Gasteiger partial charge in [-0.15, -0.1) is 0 Å². The summed E-state index contributed by atoms with van der Waals surface area (Å²) >= 11 is 0. The molecule has 0 radical (unpaired) electrons. The van der Waals surface area contributed by atoms with Crippen molar-refractivity contribution in [3.05, 3.63) is 23.8 Å². The highest BCUT2D eigenvalue weighted by Gasteiger charge is 2.25. The van der Waals surface area contributed by atoms with Crippen LogP contribution in [0.15, 0.2) is 12.4 Å². The molecule has 0 amide bonds. The number of rotatable bonds is 4. The number of nitrogens with zero attached hydrogens (tertiary/aromatic N) is 2. The molecule has 1 saturated carbocycles. The molecule has 1 aromatic heterocycles. The van der Waals surface area contributed by atoms with Crippen molar-refractivity contribution in [1.29, 1.82) is 0 Å². The van der Waals surface area contributed by atoms with Crippen molar-refractivity contribution in [3.63, 3.8) is 0 Å². The van der Waals surface area contributed by atoms with Gasteiger partial charge in [0.2, 0.25) is 0 Å². The van der Waals surface area contributed by atoms with Crippen molar-refractivity contribution in [2.24, 2.45) is 17.6 Å². The smallest absolute Gasteiger partial charge is 0.131 e. The molecular formula is C15H25N3. The minimum absolute atomic E-state index is 0.576. The molecule has 3 heteroatoms. The molecule has 0 spiro atoms. The fourth-order valence-corrected chi connectivity index (χ4v) is 2.92. The first kappa shape index (κ1) is 13.5. The molecular weight excluding hydrogens is 222 g/mol. The highest BCUT2D eigenvalue weighted by molar-refractivity contribution is 5.08. The predicted molar refractivity (Wildman–Crippen MR) is 74.3 cm³/mol. The summed E-state index contributed by atoms with van der Waals surface area (Å²) in [7, 11) is 0. The number of hydrogen-bond donors (Lipinski definition) is 1. The van der Waals surface area contributed by atoms with Crippen LogP contribution in [0.2, 0.25) is 0 Å². The lowest BCUT2D eigenvalue weighted by Gasteiger charge is -2.30. The van der Waals surface area contributed by atoms with E-state index in [4.69, 9.17) is 5.73 Å². The number of nitrogens with two attached hydrogens (primary N) is 1. The lowest BCUT2D eigenvalue weighted by molar-refractivity contribution is 0.254. The van der Waals surface area contributed by atoms with E-state index in [2.05, 4.69) is 23.8 Å². The average Bonchev–Trinajstić information content (AvgIpc) is 2.40. The summed E-state index contributed by atoms with van der Waals surface area (Å²) in [5, 5.41) is 0.